The molecule has 0 aromatic carbocycles. The second-order valence-electron chi connectivity index (χ2n) is 5.97. The maximum Gasteiger partial charge on any atom is 0.0571 e. The van der Waals surface area contributed by atoms with E-state index in [9.17, 15) is 5.11 Å². The summed E-state index contributed by atoms with van der Waals surface area (Å²) in [6.07, 6.45) is 16.4. The molecule has 2 aliphatic carbocycles. The van der Waals surface area contributed by atoms with Crippen LogP contribution >= 0.6 is 0 Å². The van der Waals surface area contributed by atoms with Gasteiger partial charge in [0.25, 0.3) is 0 Å². The average molecular weight is 224 g/mol. The summed E-state index contributed by atoms with van der Waals surface area (Å²) < 4.78 is 0. The van der Waals surface area contributed by atoms with Gasteiger partial charge >= 0.3 is 0 Å². The summed E-state index contributed by atoms with van der Waals surface area (Å²) in [5, 5.41) is 10.2. The first-order valence-electron chi connectivity index (χ1n) is 7.56. The van der Waals surface area contributed by atoms with Crippen molar-refractivity contribution in [1.29, 1.82) is 0 Å². The fraction of sp³-hybridized carbons (Fsp3) is 1.00. The van der Waals surface area contributed by atoms with Crippen LogP contribution in [0.5, 0.6) is 0 Å². The molecule has 94 valence electrons. The Balaban J connectivity index is 1.90. The molecule has 2 fully saturated rings. The molecule has 0 aromatic rings. The predicted octanol–water partition coefficient (Wildman–Crippen LogP) is 4.29. The number of aliphatic hydroxyl groups is 1. The van der Waals surface area contributed by atoms with E-state index in [0.29, 0.717) is 5.92 Å². The molecule has 0 bridgehead atoms. The van der Waals surface area contributed by atoms with Crippen molar-refractivity contribution in [3.63, 3.8) is 0 Å². The standard InChI is InChI=1S/C15H28O/c16-15-12-8-10-13-9-6-4-2-1-3-5-7-11-14(13)15/h13-16H,1-12H2. The monoisotopic (exact) mass is 224 g/mol. The molecule has 1 nitrogen and oxygen atoms in total. The van der Waals surface area contributed by atoms with Crippen molar-refractivity contribution in [2.24, 2.45) is 11.8 Å². The quantitative estimate of drug-likeness (QED) is 0.651. The molecule has 3 unspecified atom stereocenters. The fourth-order valence-electron chi connectivity index (χ4n) is 3.79. The van der Waals surface area contributed by atoms with Crippen LogP contribution in [-0.4, -0.2) is 11.2 Å². The molecule has 0 aromatic heterocycles. The summed E-state index contributed by atoms with van der Waals surface area (Å²) in [7, 11) is 0. The molecule has 16 heavy (non-hydrogen) atoms. The summed E-state index contributed by atoms with van der Waals surface area (Å²) >= 11 is 0. The molecule has 2 aliphatic rings. The Hall–Kier alpha value is -0.0400. The van der Waals surface area contributed by atoms with Gasteiger partial charge in [0.05, 0.1) is 6.10 Å². The van der Waals surface area contributed by atoms with E-state index in [-0.39, 0.29) is 6.10 Å². The van der Waals surface area contributed by atoms with Crippen molar-refractivity contribution in [2.45, 2.75) is 83.2 Å². The van der Waals surface area contributed by atoms with Gasteiger partial charge in [0.1, 0.15) is 0 Å². The summed E-state index contributed by atoms with van der Waals surface area (Å²) in [4.78, 5) is 0. The molecular weight excluding hydrogens is 196 g/mol. The van der Waals surface area contributed by atoms with Gasteiger partial charge in [-0.25, -0.2) is 0 Å². The molecule has 1 N–H and O–H groups in total. The van der Waals surface area contributed by atoms with Gasteiger partial charge in [-0.1, -0.05) is 57.8 Å². The predicted molar refractivity (Wildman–Crippen MR) is 68.4 cm³/mol. The molecule has 3 atom stereocenters. The topological polar surface area (TPSA) is 20.2 Å². The van der Waals surface area contributed by atoms with E-state index in [1.165, 1.54) is 70.6 Å². The van der Waals surface area contributed by atoms with Crippen molar-refractivity contribution in [3.05, 3.63) is 0 Å². The third kappa shape index (κ3) is 3.48. The van der Waals surface area contributed by atoms with Crippen molar-refractivity contribution >= 4 is 0 Å². The van der Waals surface area contributed by atoms with Crippen molar-refractivity contribution in [1.82, 2.24) is 0 Å². The zero-order valence-corrected chi connectivity index (χ0v) is 10.7. The van der Waals surface area contributed by atoms with E-state index in [4.69, 9.17) is 0 Å². The number of rotatable bonds is 0. The molecule has 0 saturated heterocycles. The van der Waals surface area contributed by atoms with Crippen LogP contribution in [0.4, 0.5) is 0 Å². The van der Waals surface area contributed by atoms with Crippen LogP contribution in [0.1, 0.15) is 77.0 Å². The zero-order valence-electron chi connectivity index (χ0n) is 10.7. The number of hydrogen-bond acceptors (Lipinski definition) is 1. The lowest BCUT2D eigenvalue weighted by molar-refractivity contribution is 0.0229. The van der Waals surface area contributed by atoms with Gasteiger partial charge in [0.2, 0.25) is 0 Å². The first-order chi connectivity index (χ1) is 7.88. The van der Waals surface area contributed by atoms with Crippen LogP contribution in [0.15, 0.2) is 0 Å². The highest BCUT2D eigenvalue weighted by molar-refractivity contribution is 4.82. The van der Waals surface area contributed by atoms with Crippen LogP contribution < -0.4 is 0 Å². The van der Waals surface area contributed by atoms with E-state index >= 15 is 0 Å². The lowest BCUT2D eigenvalue weighted by Gasteiger charge is -2.35. The average Bonchev–Trinajstić information content (AvgIpc) is 2.34. The highest BCUT2D eigenvalue weighted by Crippen LogP contribution is 2.37. The molecule has 0 amide bonds. The van der Waals surface area contributed by atoms with Gasteiger partial charge < -0.3 is 5.11 Å². The lowest BCUT2D eigenvalue weighted by Crippen LogP contribution is -2.32. The minimum absolute atomic E-state index is 0.0273. The van der Waals surface area contributed by atoms with E-state index in [1.54, 1.807) is 0 Å². The van der Waals surface area contributed by atoms with E-state index in [0.717, 1.165) is 12.3 Å². The molecule has 0 aliphatic heterocycles. The molecule has 0 spiro atoms. The normalized spacial score (nSPS) is 38.4. The van der Waals surface area contributed by atoms with E-state index < -0.39 is 0 Å². The minimum atomic E-state index is 0.0273. The van der Waals surface area contributed by atoms with Gasteiger partial charge in [-0.2, -0.15) is 0 Å². The van der Waals surface area contributed by atoms with Crippen molar-refractivity contribution in [2.75, 3.05) is 0 Å². The van der Waals surface area contributed by atoms with Gasteiger partial charge in [0, 0.05) is 0 Å². The Kier molecular flexibility index (Phi) is 5.15. The Labute approximate surface area is 101 Å². The van der Waals surface area contributed by atoms with Crippen molar-refractivity contribution in [3.8, 4) is 0 Å². The first kappa shape index (κ1) is 12.4. The van der Waals surface area contributed by atoms with Gasteiger partial charge in [-0.05, 0) is 31.1 Å². The SMILES string of the molecule is OC1CCCC2CCCCCCCCCC12. The van der Waals surface area contributed by atoms with Crippen LogP contribution in [0.3, 0.4) is 0 Å². The highest BCUT2D eigenvalue weighted by atomic mass is 16.3. The molecule has 0 radical (unpaired) electrons. The highest BCUT2D eigenvalue weighted by Gasteiger charge is 2.31. The van der Waals surface area contributed by atoms with Crippen LogP contribution in [0.2, 0.25) is 0 Å². The Morgan fingerprint density at radius 1 is 0.562 bits per heavy atom. The third-order valence-corrected chi connectivity index (χ3v) is 4.79. The second kappa shape index (κ2) is 6.64. The van der Waals surface area contributed by atoms with E-state index in [2.05, 4.69) is 0 Å². The van der Waals surface area contributed by atoms with Crippen molar-refractivity contribution < 1.29 is 5.11 Å². The zero-order chi connectivity index (χ0) is 11.2. The van der Waals surface area contributed by atoms with Crippen LogP contribution in [0.25, 0.3) is 0 Å². The molecule has 2 saturated carbocycles. The van der Waals surface area contributed by atoms with Crippen LogP contribution in [-0.2, 0) is 0 Å². The maximum atomic E-state index is 10.2. The van der Waals surface area contributed by atoms with Gasteiger partial charge in [-0.15, -0.1) is 0 Å². The number of aliphatic hydroxyl groups excluding tert-OH is 1. The fourth-order valence-corrected chi connectivity index (χ4v) is 3.79. The number of hydrogen-bond donors (Lipinski definition) is 1. The summed E-state index contributed by atoms with van der Waals surface area (Å²) in [6.45, 7) is 0. The largest absolute Gasteiger partial charge is 0.393 e. The Bertz CT molecular complexity index is 190. The second-order valence-corrected chi connectivity index (χ2v) is 5.97. The summed E-state index contributed by atoms with van der Waals surface area (Å²) in [5.74, 6) is 1.49. The van der Waals surface area contributed by atoms with E-state index in [1.807, 2.05) is 0 Å². The molecule has 0 heterocycles. The molecule has 2 rings (SSSR count). The smallest absolute Gasteiger partial charge is 0.0571 e. The lowest BCUT2D eigenvalue weighted by atomic mass is 9.73. The Morgan fingerprint density at radius 3 is 1.88 bits per heavy atom. The van der Waals surface area contributed by atoms with Gasteiger partial charge in [0.15, 0.2) is 0 Å². The minimum Gasteiger partial charge on any atom is -0.393 e. The number of fused-ring (bicyclic) bond motifs is 1. The molecular formula is C15H28O. The molecule has 1 heteroatoms. The summed E-state index contributed by atoms with van der Waals surface area (Å²) in [6, 6.07) is 0. The van der Waals surface area contributed by atoms with Crippen LogP contribution in [0, 0.1) is 11.8 Å². The third-order valence-electron chi connectivity index (χ3n) is 4.79. The first-order valence-corrected chi connectivity index (χ1v) is 7.56. The summed E-state index contributed by atoms with van der Waals surface area (Å²) in [5.41, 5.74) is 0. The van der Waals surface area contributed by atoms with Gasteiger partial charge in [-0.3, -0.25) is 0 Å². The Morgan fingerprint density at radius 2 is 1.12 bits per heavy atom. The maximum absolute atomic E-state index is 10.2.